The van der Waals surface area contributed by atoms with Crippen LogP contribution in [-0.2, 0) is 14.3 Å². The van der Waals surface area contributed by atoms with Gasteiger partial charge in [-0.25, -0.2) is 0 Å². The van der Waals surface area contributed by atoms with Crippen LogP contribution in [0.25, 0.3) is 0 Å². The van der Waals surface area contributed by atoms with Gasteiger partial charge in [0.1, 0.15) is 0 Å². The van der Waals surface area contributed by atoms with Crippen LogP contribution in [0.2, 0.25) is 0 Å². The topological polar surface area (TPSA) is 95.9 Å². The minimum Gasteiger partial charge on any atom is -0.466 e. The van der Waals surface area contributed by atoms with Gasteiger partial charge in [0.05, 0.1) is 25.4 Å². The van der Waals surface area contributed by atoms with Crippen LogP contribution in [0.4, 0.5) is 0 Å². The molecule has 0 heterocycles. The lowest BCUT2D eigenvalue weighted by Crippen LogP contribution is -2.45. The number of aliphatic hydroxyl groups is 2. The fourth-order valence-electron chi connectivity index (χ4n) is 8.62. The molecule has 0 aromatic heterocycles. The normalized spacial score (nSPS) is 13.0. The molecule has 2 atom stereocenters. The fourth-order valence-corrected chi connectivity index (χ4v) is 8.62. The molecule has 6 heteroatoms. The van der Waals surface area contributed by atoms with E-state index in [2.05, 4.69) is 49.5 Å². The standard InChI is InChI=1S/C60H111NO5/c1-3-5-7-9-11-13-15-17-19-21-22-24-26-30-34-38-42-46-50-54-60(65)66-55-51-47-43-39-35-31-27-29-33-37-41-45-49-53-59(64)61-57(56-62)58(63)52-48-44-40-36-32-28-25-23-20-18-16-14-12-10-8-6-4-2/h17,19,29,33,41,45,48,52,57-58,62-63H,3-16,18,20-28,30-32,34-40,42-44,46-47,49-51,53-56H2,1-2H3,(H,61,64)/b19-17-,33-29-,45-41-,52-48+. The van der Waals surface area contributed by atoms with Crippen molar-refractivity contribution in [2.24, 2.45) is 0 Å². The second kappa shape index (κ2) is 55.4. The summed E-state index contributed by atoms with van der Waals surface area (Å²) in [5.41, 5.74) is 0. The van der Waals surface area contributed by atoms with E-state index in [-0.39, 0.29) is 18.5 Å². The van der Waals surface area contributed by atoms with Crippen molar-refractivity contribution in [3.8, 4) is 0 Å². The quantitative estimate of drug-likeness (QED) is 0.0321. The zero-order chi connectivity index (χ0) is 47.9. The number of ether oxygens (including phenoxy) is 1. The Balaban J connectivity index is 3.56. The number of amides is 1. The average molecular weight is 927 g/mol. The number of rotatable bonds is 53. The molecule has 6 nitrogen and oxygen atoms in total. The second-order valence-electron chi connectivity index (χ2n) is 19.6. The van der Waals surface area contributed by atoms with Gasteiger partial charge in [-0.2, -0.15) is 0 Å². The van der Waals surface area contributed by atoms with Crippen molar-refractivity contribution in [3.63, 3.8) is 0 Å². The SMILES string of the molecule is CCCCCCCC/C=C\CCCCCCCCCCCC(=O)OCCCCCCCC/C=C\C/C=C\CCC(=O)NC(CO)C(O)/C=C/CCCCCCCCCCCCCCCCC. The highest BCUT2D eigenvalue weighted by Crippen LogP contribution is 2.16. The maximum Gasteiger partial charge on any atom is 0.305 e. The third-order valence-electron chi connectivity index (χ3n) is 13.1. The summed E-state index contributed by atoms with van der Waals surface area (Å²) in [6.45, 7) is 4.84. The first kappa shape index (κ1) is 63.8. The van der Waals surface area contributed by atoms with E-state index >= 15 is 0 Å². The largest absolute Gasteiger partial charge is 0.466 e. The van der Waals surface area contributed by atoms with E-state index < -0.39 is 12.1 Å². The smallest absolute Gasteiger partial charge is 0.305 e. The Morgan fingerprint density at radius 2 is 0.773 bits per heavy atom. The van der Waals surface area contributed by atoms with Crippen LogP contribution < -0.4 is 5.32 Å². The highest BCUT2D eigenvalue weighted by Gasteiger charge is 2.17. The van der Waals surface area contributed by atoms with Crippen LogP contribution in [0, 0.1) is 0 Å². The van der Waals surface area contributed by atoms with Crippen LogP contribution in [0.15, 0.2) is 48.6 Å². The molecule has 0 fully saturated rings. The molecule has 0 spiro atoms. The molecule has 66 heavy (non-hydrogen) atoms. The summed E-state index contributed by atoms with van der Waals surface area (Å²) >= 11 is 0. The average Bonchev–Trinajstić information content (AvgIpc) is 3.32. The predicted octanol–water partition coefficient (Wildman–Crippen LogP) is 17.8. The third kappa shape index (κ3) is 51.2. The minimum absolute atomic E-state index is 0.0192. The van der Waals surface area contributed by atoms with Gasteiger partial charge in [0.25, 0.3) is 0 Å². The van der Waals surface area contributed by atoms with Gasteiger partial charge >= 0.3 is 5.97 Å². The highest BCUT2D eigenvalue weighted by molar-refractivity contribution is 5.76. The molecule has 0 radical (unpaired) electrons. The molecule has 0 bridgehead atoms. The molecule has 0 aliphatic heterocycles. The Kier molecular flexibility index (Phi) is 53.6. The van der Waals surface area contributed by atoms with Crippen molar-refractivity contribution >= 4 is 11.9 Å². The van der Waals surface area contributed by atoms with Gasteiger partial charge < -0.3 is 20.3 Å². The molecule has 1 amide bonds. The van der Waals surface area contributed by atoms with Gasteiger partial charge in [-0.3, -0.25) is 9.59 Å². The number of unbranched alkanes of at least 4 members (excludes halogenated alkanes) is 36. The summed E-state index contributed by atoms with van der Waals surface area (Å²) in [5.74, 6) is -0.167. The molecule has 0 aromatic carbocycles. The zero-order valence-corrected chi connectivity index (χ0v) is 43.9. The number of hydrogen-bond donors (Lipinski definition) is 3. The number of carbonyl (C=O) groups is 2. The Hall–Kier alpha value is -2.18. The van der Waals surface area contributed by atoms with Gasteiger partial charge in [0.15, 0.2) is 0 Å². The molecule has 0 aromatic rings. The lowest BCUT2D eigenvalue weighted by molar-refractivity contribution is -0.143. The summed E-state index contributed by atoms with van der Waals surface area (Å²) < 4.78 is 5.47. The first-order chi connectivity index (χ1) is 32.5. The molecular formula is C60H111NO5. The third-order valence-corrected chi connectivity index (χ3v) is 13.1. The van der Waals surface area contributed by atoms with E-state index in [1.807, 2.05) is 12.2 Å². The molecule has 2 unspecified atom stereocenters. The summed E-state index contributed by atoms with van der Waals surface area (Å²) in [6.07, 6.45) is 70.0. The number of allylic oxidation sites excluding steroid dienone is 7. The van der Waals surface area contributed by atoms with E-state index in [9.17, 15) is 19.8 Å². The first-order valence-corrected chi connectivity index (χ1v) is 28.9. The molecule has 386 valence electrons. The van der Waals surface area contributed by atoms with E-state index in [0.29, 0.717) is 25.9 Å². The van der Waals surface area contributed by atoms with Gasteiger partial charge in [-0.15, -0.1) is 0 Å². The van der Waals surface area contributed by atoms with Crippen molar-refractivity contribution in [2.45, 2.75) is 309 Å². The summed E-state index contributed by atoms with van der Waals surface area (Å²) in [4.78, 5) is 24.5. The monoisotopic (exact) mass is 926 g/mol. The van der Waals surface area contributed by atoms with Gasteiger partial charge in [0, 0.05) is 12.8 Å². The number of nitrogens with one attached hydrogen (secondary N) is 1. The van der Waals surface area contributed by atoms with Crippen LogP contribution in [0.3, 0.4) is 0 Å². The lowest BCUT2D eigenvalue weighted by atomic mass is 10.0. The van der Waals surface area contributed by atoms with Crippen LogP contribution in [-0.4, -0.2) is 47.4 Å². The highest BCUT2D eigenvalue weighted by atomic mass is 16.5. The Morgan fingerprint density at radius 1 is 0.424 bits per heavy atom. The van der Waals surface area contributed by atoms with E-state index in [1.54, 1.807) is 6.08 Å². The minimum atomic E-state index is -0.880. The van der Waals surface area contributed by atoms with Gasteiger partial charge in [0.2, 0.25) is 5.91 Å². The Labute approximate surface area is 410 Å². The van der Waals surface area contributed by atoms with Crippen molar-refractivity contribution in [2.75, 3.05) is 13.2 Å². The molecule has 0 aliphatic rings. The van der Waals surface area contributed by atoms with Gasteiger partial charge in [-0.1, -0.05) is 255 Å². The maximum atomic E-state index is 12.4. The molecule has 0 saturated heterocycles. The molecule has 3 N–H and O–H groups in total. The van der Waals surface area contributed by atoms with Crippen LogP contribution in [0.1, 0.15) is 296 Å². The summed E-state index contributed by atoms with van der Waals surface area (Å²) in [5, 5.41) is 23.0. The molecule has 0 rings (SSSR count). The molecule has 0 aliphatic carbocycles. The number of hydrogen-bond acceptors (Lipinski definition) is 5. The van der Waals surface area contributed by atoms with Crippen molar-refractivity contribution in [1.29, 1.82) is 0 Å². The lowest BCUT2D eigenvalue weighted by Gasteiger charge is -2.19. The molecule has 0 saturated carbocycles. The Bertz CT molecular complexity index is 1110. The summed E-state index contributed by atoms with van der Waals surface area (Å²) in [6, 6.07) is -0.673. The second-order valence-corrected chi connectivity index (χ2v) is 19.6. The van der Waals surface area contributed by atoms with Crippen LogP contribution >= 0.6 is 0 Å². The predicted molar refractivity (Wildman–Crippen MR) is 287 cm³/mol. The van der Waals surface area contributed by atoms with Crippen LogP contribution in [0.5, 0.6) is 0 Å². The van der Waals surface area contributed by atoms with E-state index in [1.165, 1.54) is 212 Å². The van der Waals surface area contributed by atoms with Crippen molar-refractivity contribution < 1.29 is 24.5 Å². The number of aliphatic hydroxyl groups excluding tert-OH is 2. The summed E-state index contributed by atoms with van der Waals surface area (Å²) in [7, 11) is 0. The number of carbonyl (C=O) groups excluding carboxylic acids is 2. The van der Waals surface area contributed by atoms with Gasteiger partial charge in [-0.05, 0) is 77.0 Å². The Morgan fingerprint density at radius 3 is 1.20 bits per heavy atom. The zero-order valence-electron chi connectivity index (χ0n) is 43.9. The number of esters is 1. The fraction of sp³-hybridized carbons (Fsp3) is 0.833. The first-order valence-electron chi connectivity index (χ1n) is 28.9. The van der Waals surface area contributed by atoms with Crippen molar-refractivity contribution in [1.82, 2.24) is 5.32 Å². The van der Waals surface area contributed by atoms with E-state index in [4.69, 9.17) is 4.74 Å². The maximum absolute atomic E-state index is 12.4. The molecular weight excluding hydrogens is 815 g/mol. The van der Waals surface area contributed by atoms with Crippen molar-refractivity contribution in [3.05, 3.63) is 48.6 Å². The van der Waals surface area contributed by atoms with E-state index in [0.717, 1.165) is 51.4 Å².